The third-order valence-corrected chi connectivity index (χ3v) is 8.28. The van der Waals surface area contributed by atoms with Gasteiger partial charge < -0.3 is 20.3 Å². The van der Waals surface area contributed by atoms with Crippen LogP contribution in [0.5, 0.6) is 0 Å². The van der Waals surface area contributed by atoms with Gasteiger partial charge in [-0.05, 0) is 33.2 Å². The number of rotatable bonds is 0. The second kappa shape index (κ2) is 9.22. The number of aromatic amines is 1. The van der Waals surface area contributed by atoms with Crippen molar-refractivity contribution in [2.45, 2.75) is 18.6 Å². The third kappa shape index (κ3) is 3.69. The van der Waals surface area contributed by atoms with Gasteiger partial charge in [0.05, 0.1) is 11.8 Å². The van der Waals surface area contributed by atoms with Crippen LogP contribution in [-0.4, -0.2) is 16.5 Å². The largest absolute Gasteiger partial charge is 0.435 e. The minimum atomic E-state index is -0.326. The van der Waals surface area contributed by atoms with Gasteiger partial charge in [-0.15, -0.1) is 0 Å². The first-order chi connectivity index (χ1) is 19.8. The Morgan fingerprint density at radius 1 is 0.683 bits per heavy atom. The molecule has 0 spiro atoms. The zero-order valence-corrected chi connectivity index (χ0v) is 25.1. The third-order valence-electron chi connectivity index (χ3n) is 8.28. The molecule has 8 bridgehead atoms. The molecule has 7 heteroatoms. The van der Waals surface area contributed by atoms with Crippen molar-refractivity contribution in [3.05, 3.63) is 136 Å². The summed E-state index contributed by atoms with van der Waals surface area (Å²) in [5.74, 6) is 1.72. The molecule has 4 aromatic carbocycles. The van der Waals surface area contributed by atoms with E-state index in [1.54, 1.807) is 0 Å². The first-order valence-electron chi connectivity index (χ1n) is 13.6. The molecule has 2 atom stereocenters. The topological polar surface area (TPSA) is 79.0 Å². The Kier molecular flexibility index (Phi) is 5.44. The molecule has 2 aromatic heterocycles. The maximum Gasteiger partial charge on any atom is 0.168 e. The van der Waals surface area contributed by atoms with Crippen molar-refractivity contribution in [2.75, 3.05) is 0 Å². The smallest absolute Gasteiger partial charge is 0.168 e. The molecule has 192 valence electrons. The fraction of sp³-hybridized carbons (Fsp3) is 0.0882. The molecule has 41 heavy (non-hydrogen) atoms. The summed E-state index contributed by atoms with van der Waals surface area (Å²) in [4.78, 5) is 24.2. The SMILES string of the molecule is C1=c2\[n-]/c(c3ccccc23)=N\c2[nH]c(c3ccccc23)CC2N/C(=N\C3N=C/1c1ccccc13)c1ccccc12.[Zn]. The first-order valence-corrected chi connectivity index (χ1v) is 13.6. The summed E-state index contributed by atoms with van der Waals surface area (Å²) in [6.45, 7) is 0. The van der Waals surface area contributed by atoms with Gasteiger partial charge in [-0.25, -0.2) is 4.99 Å². The number of nitrogens with one attached hydrogen (secondary N) is 2. The van der Waals surface area contributed by atoms with E-state index in [-0.39, 0.29) is 31.7 Å². The average molecular weight is 581 g/mol. The van der Waals surface area contributed by atoms with Gasteiger partial charge in [0.15, 0.2) is 6.17 Å². The molecular formula is C34H23N6Zn-. The molecule has 0 radical (unpaired) electrons. The Morgan fingerprint density at radius 3 is 2.22 bits per heavy atom. The van der Waals surface area contributed by atoms with Gasteiger partial charge >= 0.3 is 0 Å². The molecule has 0 saturated carbocycles. The summed E-state index contributed by atoms with van der Waals surface area (Å²) in [7, 11) is 0. The van der Waals surface area contributed by atoms with Crippen LogP contribution >= 0.6 is 0 Å². The summed E-state index contributed by atoms with van der Waals surface area (Å²) in [6, 6.07) is 33.8. The maximum absolute atomic E-state index is 5.22. The molecule has 0 amide bonds. The molecule has 2 unspecified atom stereocenters. The van der Waals surface area contributed by atoms with Crippen LogP contribution < -0.4 is 21.1 Å². The van der Waals surface area contributed by atoms with Gasteiger partial charge in [-0.2, -0.15) is 0 Å². The van der Waals surface area contributed by atoms with Gasteiger partial charge in [-0.3, -0.25) is 4.99 Å². The van der Waals surface area contributed by atoms with Crippen LogP contribution in [0.1, 0.15) is 40.2 Å². The number of aromatic nitrogens is 2. The second-order valence-electron chi connectivity index (χ2n) is 10.6. The number of fused-ring (bicyclic) bond motifs is 19. The van der Waals surface area contributed by atoms with Crippen molar-refractivity contribution in [2.24, 2.45) is 15.0 Å². The van der Waals surface area contributed by atoms with Crippen LogP contribution in [0.25, 0.3) is 27.6 Å². The molecule has 3 aliphatic heterocycles. The Bertz CT molecular complexity index is 2200. The molecule has 6 nitrogen and oxygen atoms in total. The van der Waals surface area contributed by atoms with Crippen molar-refractivity contribution in [3.8, 4) is 0 Å². The van der Waals surface area contributed by atoms with Gasteiger partial charge in [-0.1, -0.05) is 97.1 Å². The molecule has 6 aromatic rings. The van der Waals surface area contributed by atoms with Crippen molar-refractivity contribution >= 4 is 45.0 Å². The second-order valence-corrected chi connectivity index (χ2v) is 10.6. The molecule has 0 fully saturated rings. The van der Waals surface area contributed by atoms with Gasteiger partial charge in [0.2, 0.25) is 0 Å². The van der Waals surface area contributed by atoms with Crippen LogP contribution in [0.15, 0.2) is 112 Å². The molecule has 2 N–H and O–H groups in total. The molecular weight excluding hydrogens is 558 g/mol. The fourth-order valence-electron chi connectivity index (χ4n) is 6.42. The van der Waals surface area contributed by atoms with E-state index in [1.165, 1.54) is 10.9 Å². The summed E-state index contributed by atoms with van der Waals surface area (Å²) in [5.41, 5.74) is 7.32. The first kappa shape index (κ1) is 24.2. The number of nitrogens with zero attached hydrogens (tertiary/aromatic N) is 4. The van der Waals surface area contributed by atoms with Crippen molar-refractivity contribution < 1.29 is 19.5 Å². The van der Waals surface area contributed by atoms with Gasteiger partial charge in [0.25, 0.3) is 0 Å². The van der Waals surface area contributed by atoms with Crippen LogP contribution in [0.2, 0.25) is 0 Å². The van der Waals surface area contributed by atoms with E-state index in [0.717, 1.165) is 67.7 Å². The fourth-order valence-corrected chi connectivity index (χ4v) is 6.42. The predicted octanol–water partition coefficient (Wildman–Crippen LogP) is 5.16. The Hall–Kier alpha value is -4.61. The van der Waals surface area contributed by atoms with Crippen molar-refractivity contribution in [1.82, 2.24) is 15.3 Å². The molecule has 0 aliphatic carbocycles. The van der Waals surface area contributed by atoms with Crippen LogP contribution in [0.4, 0.5) is 5.82 Å². The normalized spacial score (nSPS) is 21.3. The number of aliphatic imine (C=N–C) groups is 2. The van der Waals surface area contributed by atoms with Crippen molar-refractivity contribution in [3.63, 3.8) is 0 Å². The number of H-pyrrole nitrogens is 1. The van der Waals surface area contributed by atoms with Gasteiger partial charge in [0, 0.05) is 64.9 Å². The van der Waals surface area contributed by atoms with Crippen LogP contribution in [0, 0.1) is 0 Å². The minimum Gasteiger partial charge on any atom is -0.435 e. The Morgan fingerprint density at radius 2 is 1.37 bits per heavy atom. The van der Waals surface area contributed by atoms with Crippen LogP contribution in [-0.2, 0) is 25.9 Å². The summed E-state index contributed by atoms with van der Waals surface area (Å²) < 4.78 is 0. The van der Waals surface area contributed by atoms with Crippen LogP contribution in [0.3, 0.4) is 0 Å². The molecule has 0 saturated heterocycles. The molecule has 3 aliphatic rings. The zero-order chi connectivity index (χ0) is 26.2. The summed E-state index contributed by atoms with van der Waals surface area (Å²) in [5, 5.41) is 8.97. The quantitative estimate of drug-likeness (QED) is 0.244. The standard InChI is InChI=1S/C34H23N6.Zn/c1-5-13-23-19(9-1)27-17-28-20-10-2-6-14-24(20)33(36-28)40-34-26-16-8-4-12-22(26)30(38-34)18-29-21-11-3-7-15-25(21)32(37-29)39-31(23)35-27;/h1-17,29,31,38H,18H2,(H-,36,37,39,40);/q-1;/b28-17-;. The van der Waals surface area contributed by atoms with E-state index in [1.807, 2.05) is 6.07 Å². The maximum atomic E-state index is 5.22. The minimum absolute atomic E-state index is 0. The predicted molar refractivity (Wildman–Crippen MR) is 159 cm³/mol. The summed E-state index contributed by atoms with van der Waals surface area (Å²) >= 11 is 0. The van der Waals surface area contributed by atoms with E-state index < -0.39 is 0 Å². The number of hydrogen-bond donors (Lipinski definition) is 2. The molecule has 5 heterocycles. The van der Waals surface area contributed by atoms with Gasteiger partial charge in [0.1, 0.15) is 5.84 Å². The Labute approximate surface area is 248 Å². The zero-order valence-electron chi connectivity index (χ0n) is 22.2. The number of hydrogen-bond acceptors (Lipinski definition) is 4. The Balaban J connectivity index is 0.00000256. The van der Waals surface area contributed by atoms with E-state index in [2.05, 4.69) is 107 Å². The monoisotopic (exact) mass is 579 g/mol. The van der Waals surface area contributed by atoms with E-state index in [9.17, 15) is 0 Å². The number of benzene rings is 4. The number of amidine groups is 1. The molecule has 9 rings (SSSR count). The average Bonchev–Trinajstić information content (AvgIpc) is 3.73. The van der Waals surface area contributed by atoms with E-state index in [4.69, 9.17) is 20.0 Å². The summed E-state index contributed by atoms with van der Waals surface area (Å²) in [6.07, 6.45) is 2.53. The van der Waals surface area contributed by atoms with Crippen molar-refractivity contribution in [1.29, 1.82) is 0 Å². The van der Waals surface area contributed by atoms with E-state index in [0.29, 0.717) is 5.49 Å². The van der Waals surface area contributed by atoms with E-state index >= 15 is 0 Å².